The maximum absolute atomic E-state index is 12.2. The second-order valence-electron chi connectivity index (χ2n) is 6.67. The fourth-order valence-electron chi connectivity index (χ4n) is 2.72. The van der Waals surface area contributed by atoms with Crippen LogP contribution in [0.4, 0.5) is 0 Å². The molecule has 33 heavy (non-hydrogen) atoms. The van der Waals surface area contributed by atoms with Crippen molar-refractivity contribution in [3.63, 3.8) is 0 Å². The quantitative estimate of drug-likeness (QED) is 0.438. The number of ether oxygens (including phenoxy) is 3. The molecule has 192 valence electrons. The maximum Gasteiger partial charge on any atom is 0.235 e. The van der Waals surface area contributed by atoms with E-state index in [0.717, 1.165) is 29.1 Å². The van der Waals surface area contributed by atoms with Gasteiger partial charge in [0.05, 0.1) is 39.6 Å². The fraction of sp³-hybridized carbons (Fsp3) is 0.667. The summed E-state index contributed by atoms with van der Waals surface area (Å²) in [6, 6.07) is 0. The van der Waals surface area contributed by atoms with E-state index in [4.69, 9.17) is 14.2 Å². The van der Waals surface area contributed by atoms with Gasteiger partial charge in [-0.2, -0.15) is 12.9 Å². The maximum atomic E-state index is 12.2. The SMILES string of the molecule is C=CS(=O)(=O)N1CCOCCN(S(=O)(=O)C=C)CCOCCN(S(=O)(=O)C=C)CCOCC1. The highest BCUT2D eigenvalue weighted by molar-refractivity contribution is 7.92. The molecule has 0 aromatic heterocycles. The van der Waals surface area contributed by atoms with Gasteiger partial charge in [-0.05, 0) is 0 Å². The Bertz CT molecular complexity index is 808. The predicted octanol–water partition coefficient (Wildman–Crippen LogP) is -0.624. The summed E-state index contributed by atoms with van der Waals surface area (Å²) in [6.45, 7) is 10.1. The first-order valence-corrected chi connectivity index (χ1v) is 14.6. The summed E-state index contributed by atoms with van der Waals surface area (Å²) in [4.78, 5) is 0. The first-order valence-electron chi connectivity index (χ1n) is 10.1. The Morgan fingerprint density at radius 1 is 0.455 bits per heavy atom. The van der Waals surface area contributed by atoms with E-state index in [2.05, 4.69) is 19.7 Å². The van der Waals surface area contributed by atoms with E-state index in [-0.39, 0.29) is 78.9 Å². The third-order valence-electron chi connectivity index (χ3n) is 4.62. The van der Waals surface area contributed by atoms with Crippen molar-refractivity contribution in [1.29, 1.82) is 0 Å². The molecule has 0 saturated carbocycles. The monoisotopic (exact) mass is 531 g/mol. The highest BCUT2D eigenvalue weighted by atomic mass is 32.2. The van der Waals surface area contributed by atoms with Crippen LogP contribution in [0.5, 0.6) is 0 Å². The van der Waals surface area contributed by atoms with Crippen molar-refractivity contribution in [3.8, 4) is 0 Å². The first kappa shape index (κ1) is 29.9. The largest absolute Gasteiger partial charge is 0.379 e. The third kappa shape index (κ3) is 10.3. The van der Waals surface area contributed by atoms with Crippen LogP contribution in [0.25, 0.3) is 0 Å². The third-order valence-corrected chi connectivity index (χ3v) is 9.14. The average molecular weight is 532 g/mol. The lowest BCUT2D eigenvalue weighted by Crippen LogP contribution is -2.39. The standard InChI is InChI=1S/C18H33N3O9S3/c1-4-31(22,23)19-7-13-28-15-9-20(32(24,25)5-2)11-17-30-18-12-21(33(26,27)6-3)10-16-29-14-8-19/h4-6H,1-3,7-18H2. The molecule has 1 heterocycles. The lowest BCUT2D eigenvalue weighted by atomic mass is 10.5. The van der Waals surface area contributed by atoms with Gasteiger partial charge < -0.3 is 14.2 Å². The van der Waals surface area contributed by atoms with Gasteiger partial charge in [0.2, 0.25) is 30.1 Å². The van der Waals surface area contributed by atoms with Gasteiger partial charge in [-0.15, -0.1) is 0 Å². The summed E-state index contributed by atoms with van der Waals surface area (Å²) in [6.07, 6.45) is 0. The summed E-state index contributed by atoms with van der Waals surface area (Å²) >= 11 is 0. The van der Waals surface area contributed by atoms with Crippen LogP contribution in [0.1, 0.15) is 0 Å². The second-order valence-corrected chi connectivity index (χ2v) is 12.3. The highest BCUT2D eigenvalue weighted by Gasteiger charge is 2.22. The van der Waals surface area contributed by atoms with Crippen LogP contribution >= 0.6 is 0 Å². The first-order chi connectivity index (χ1) is 15.5. The van der Waals surface area contributed by atoms with E-state index in [0.29, 0.717) is 0 Å². The molecular formula is C18H33N3O9S3. The van der Waals surface area contributed by atoms with Crippen LogP contribution in [0.15, 0.2) is 36.0 Å². The van der Waals surface area contributed by atoms with Crippen molar-refractivity contribution in [2.75, 3.05) is 78.9 Å². The van der Waals surface area contributed by atoms with Gasteiger partial charge in [0.1, 0.15) is 0 Å². The molecule has 0 aromatic carbocycles. The van der Waals surface area contributed by atoms with E-state index in [1.54, 1.807) is 0 Å². The zero-order chi connectivity index (χ0) is 25.0. The van der Waals surface area contributed by atoms with Crippen LogP contribution in [-0.4, -0.2) is 117 Å². The molecule has 15 heteroatoms. The minimum absolute atomic E-state index is 0.00595. The lowest BCUT2D eigenvalue weighted by Gasteiger charge is -2.24. The topological polar surface area (TPSA) is 140 Å². The molecule has 1 saturated heterocycles. The zero-order valence-electron chi connectivity index (χ0n) is 18.6. The van der Waals surface area contributed by atoms with Crippen molar-refractivity contribution < 1.29 is 39.5 Å². The Hall–Kier alpha value is -1.17. The lowest BCUT2D eigenvalue weighted by molar-refractivity contribution is 0.0736. The summed E-state index contributed by atoms with van der Waals surface area (Å²) in [5, 5.41) is 2.45. The van der Waals surface area contributed by atoms with E-state index < -0.39 is 30.1 Å². The van der Waals surface area contributed by atoms with Gasteiger partial charge >= 0.3 is 0 Å². The zero-order valence-corrected chi connectivity index (χ0v) is 21.0. The molecule has 1 rings (SSSR count). The molecule has 0 atom stereocenters. The smallest absolute Gasteiger partial charge is 0.235 e. The Morgan fingerprint density at radius 2 is 0.636 bits per heavy atom. The molecule has 1 fully saturated rings. The van der Waals surface area contributed by atoms with E-state index >= 15 is 0 Å². The van der Waals surface area contributed by atoms with Gasteiger partial charge in [-0.3, -0.25) is 0 Å². The van der Waals surface area contributed by atoms with Gasteiger partial charge in [-0.25, -0.2) is 25.3 Å². The predicted molar refractivity (Wildman–Crippen MR) is 125 cm³/mol. The fourth-order valence-corrected chi connectivity index (χ4v) is 5.33. The van der Waals surface area contributed by atoms with Crippen LogP contribution in [0, 0.1) is 0 Å². The number of sulfonamides is 3. The Labute approximate surface area is 197 Å². The van der Waals surface area contributed by atoms with Crippen LogP contribution in [0.2, 0.25) is 0 Å². The summed E-state index contributed by atoms with van der Waals surface area (Å²) in [5.41, 5.74) is 0. The molecule has 0 spiro atoms. The van der Waals surface area contributed by atoms with Crippen molar-refractivity contribution in [2.45, 2.75) is 0 Å². The van der Waals surface area contributed by atoms with Crippen molar-refractivity contribution >= 4 is 30.1 Å². The Kier molecular flexibility index (Phi) is 12.9. The highest BCUT2D eigenvalue weighted by Crippen LogP contribution is 2.06. The van der Waals surface area contributed by atoms with Crippen molar-refractivity contribution in [2.24, 2.45) is 0 Å². The Balaban J connectivity index is 2.95. The summed E-state index contributed by atoms with van der Waals surface area (Å²) in [5.74, 6) is 0. The van der Waals surface area contributed by atoms with Crippen LogP contribution < -0.4 is 0 Å². The molecule has 1 aliphatic rings. The van der Waals surface area contributed by atoms with Gasteiger partial charge in [0, 0.05) is 55.5 Å². The average Bonchev–Trinajstić information content (AvgIpc) is 2.78. The van der Waals surface area contributed by atoms with Crippen molar-refractivity contribution in [1.82, 2.24) is 12.9 Å². The molecule has 0 radical (unpaired) electrons. The Morgan fingerprint density at radius 3 is 0.788 bits per heavy atom. The van der Waals surface area contributed by atoms with Crippen LogP contribution in [-0.2, 0) is 44.3 Å². The minimum Gasteiger partial charge on any atom is -0.379 e. The van der Waals surface area contributed by atoms with Crippen molar-refractivity contribution in [3.05, 3.63) is 36.0 Å². The molecule has 0 unspecified atom stereocenters. The normalized spacial score (nSPS) is 21.5. The summed E-state index contributed by atoms with van der Waals surface area (Å²) in [7, 11) is -11.2. The van der Waals surface area contributed by atoms with E-state index in [1.165, 1.54) is 0 Å². The molecule has 0 N–H and O–H groups in total. The van der Waals surface area contributed by atoms with Gasteiger partial charge in [0.25, 0.3) is 0 Å². The molecular weight excluding hydrogens is 498 g/mol. The van der Waals surface area contributed by atoms with E-state index in [1.807, 2.05) is 0 Å². The van der Waals surface area contributed by atoms with Gasteiger partial charge in [-0.1, -0.05) is 19.7 Å². The molecule has 0 aliphatic carbocycles. The molecule has 0 amide bonds. The molecule has 1 aliphatic heterocycles. The molecule has 0 bridgehead atoms. The van der Waals surface area contributed by atoms with Crippen LogP contribution in [0.3, 0.4) is 0 Å². The number of nitrogens with zero attached hydrogens (tertiary/aromatic N) is 3. The van der Waals surface area contributed by atoms with Gasteiger partial charge in [0.15, 0.2) is 0 Å². The number of hydrogen-bond acceptors (Lipinski definition) is 9. The number of hydrogen-bond donors (Lipinski definition) is 0. The molecule has 0 aromatic rings. The number of rotatable bonds is 6. The second kappa shape index (κ2) is 14.3. The minimum atomic E-state index is -3.74. The molecule has 12 nitrogen and oxygen atoms in total. The summed E-state index contributed by atoms with van der Waals surface area (Å²) < 4.78 is 92.9. The van der Waals surface area contributed by atoms with E-state index in [9.17, 15) is 25.3 Å².